The number of nitrogens with two attached hydrogens (primary N) is 1. The number of aliphatic carboxylic acids is 1. The molecular formula is C8H7BrF2N2O2. The smallest absolute Gasteiger partial charge is 0.309 e. The number of anilines is 1. The lowest BCUT2D eigenvalue weighted by atomic mass is 10.2. The highest BCUT2D eigenvalue weighted by Crippen LogP contribution is 2.27. The summed E-state index contributed by atoms with van der Waals surface area (Å²) in [6.07, 6.45) is -3.24. The van der Waals surface area contributed by atoms with Crippen molar-refractivity contribution in [3.05, 3.63) is 21.9 Å². The maximum atomic E-state index is 12.4. The molecular weight excluding hydrogens is 274 g/mol. The molecule has 1 aromatic rings. The van der Waals surface area contributed by atoms with Crippen LogP contribution in [0.4, 0.5) is 14.5 Å². The first kappa shape index (κ1) is 11.8. The van der Waals surface area contributed by atoms with E-state index in [0.717, 1.165) is 0 Å². The topological polar surface area (TPSA) is 76.2 Å². The Balaban J connectivity index is 3.17. The van der Waals surface area contributed by atoms with E-state index in [1.807, 2.05) is 0 Å². The van der Waals surface area contributed by atoms with Crippen molar-refractivity contribution in [1.82, 2.24) is 4.98 Å². The largest absolute Gasteiger partial charge is 0.481 e. The van der Waals surface area contributed by atoms with Crippen LogP contribution in [0.15, 0.2) is 10.5 Å². The fourth-order valence-corrected chi connectivity index (χ4v) is 1.47. The van der Waals surface area contributed by atoms with E-state index in [1.165, 1.54) is 6.07 Å². The number of carboxylic acid groups (broad SMARTS) is 1. The minimum Gasteiger partial charge on any atom is -0.481 e. The number of nitrogen functional groups attached to an aromatic ring is 1. The van der Waals surface area contributed by atoms with Gasteiger partial charge in [0.2, 0.25) is 0 Å². The Bertz CT molecular complexity index is 398. The number of carbonyl (C=O) groups is 1. The van der Waals surface area contributed by atoms with Crippen molar-refractivity contribution in [3.8, 4) is 0 Å². The molecule has 0 aromatic carbocycles. The highest BCUT2D eigenvalue weighted by molar-refractivity contribution is 9.10. The lowest BCUT2D eigenvalue weighted by Crippen LogP contribution is -2.07. The fraction of sp³-hybridized carbons (Fsp3) is 0.250. The number of pyridine rings is 1. The normalized spacial score (nSPS) is 10.7. The van der Waals surface area contributed by atoms with Gasteiger partial charge in [0.1, 0.15) is 5.69 Å². The summed E-state index contributed by atoms with van der Waals surface area (Å²) >= 11 is 3.01. The van der Waals surface area contributed by atoms with Gasteiger partial charge >= 0.3 is 5.97 Å². The van der Waals surface area contributed by atoms with E-state index < -0.39 is 24.5 Å². The van der Waals surface area contributed by atoms with Gasteiger partial charge in [-0.05, 0) is 22.0 Å². The van der Waals surface area contributed by atoms with Crippen LogP contribution in [0, 0.1) is 0 Å². The van der Waals surface area contributed by atoms with E-state index in [-0.39, 0.29) is 11.4 Å². The van der Waals surface area contributed by atoms with Crippen LogP contribution in [-0.4, -0.2) is 16.1 Å². The Kier molecular flexibility index (Phi) is 3.57. The first-order chi connectivity index (χ1) is 6.91. The fourth-order valence-electron chi connectivity index (χ4n) is 0.999. The van der Waals surface area contributed by atoms with E-state index in [1.54, 1.807) is 0 Å². The molecule has 0 unspecified atom stereocenters. The summed E-state index contributed by atoms with van der Waals surface area (Å²) in [6.45, 7) is 0. The molecule has 0 fully saturated rings. The molecule has 4 nitrogen and oxygen atoms in total. The molecule has 0 amide bonds. The summed E-state index contributed by atoms with van der Waals surface area (Å²) in [7, 11) is 0. The van der Waals surface area contributed by atoms with Crippen LogP contribution in [-0.2, 0) is 11.2 Å². The van der Waals surface area contributed by atoms with Crippen LogP contribution in [0.2, 0.25) is 0 Å². The highest BCUT2D eigenvalue weighted by Gasteiger charge is 2.17. The van der Waals surface area contributed by atoms with Crippen LogP contribution in [0.5, 0.6) is 0 Å². The molecule has 0 bridgehead atoms. The second-order valence-electron chi connectivity index (χ2n) is 2.76. The molecule has 1 aromatic heterocycles. The summed E-state index contributed by atoms with van der Waals surface area (Å²) in [5.41, 5.74) is 4.59. The van der Waals surface area contributed by atoms with Crippen molar-refractivity contribution < 1.29 is 18.7 Å². The van der Waals surface area contributed by atoms with Crippen LogP contribution in [0.25, 0.3) is 0 Å². The van der Waals surface area contributed by atoms with Gasteiger partial charge in [0.25, 0.3) is 6.43 Å². The molecule has 1 rings (SSSR count). The van der Waals surface area contributed by atoms with Gasteiger partial charge in [-0.2, -0.15) is 0 Å². The van der Waals surface area contributed by atoms with Crippen LogP contribution >= 0.6 is 15.9 Å². The van der Waals surface area contributed by atoms with E-state index >= 15 is 0 Å². The van der Waals surface area contributed by atoms with Gasteiger partial charge in [-0.3, -0.25) is 4.79 Å². The van der Waals surface area contributed by atoms with Crippen molar-refractivity contribution in [2.75, 3.05) is 5.73 Å². The van der Waals surface area contributed by atoms with Crippen molar-refractivity contribution in [1.29, 1.82) is 0 Å². The third kappa shape index (κ3) is 2.85. The first-order valence-corrected chi connectivity index (χ1v) is 4.66. The Hall–Kier alpha value is -1.24. The molecule has 0 aliphatic carbocycles. The molecule has 7 heteroatoms. The molecule has 0 radical (unpaired) electrons. The molecule has 0 aliphatic rings. The number of aromatic nitrogens is 1. The van der Waals surface area contributed by atoms with Crippen LogP contribution in [0.1, 0.15) is 17.8 Å². The van der Waals surface area contributed by atoms with E-state index in [2.05, 4.69) is 20.9 Å². The number of alkyl halides is 2. The van der Waals surface area contributed by atoms with Crippen LogP contribution in [0.3, 0.4) is 0 Å². The summed E-state index contributed by atoms with van der Waals surface area (Å²) in [6, 6.07) is 1.23. The average Bonchev–Trinajstić information content (AvgIpc) is 2.08. The number of hydrogen-bond donors (Lipinski definition) is 2. The summed E-state index contributed by atoms with van der Waals surface area (Å²) in [5, 5.41) is 8.51. The van der Waals surface area contributed by atoms with Gasteiger partial charge in [-0.25, -0.2) is 13.8 Å². The lowest BCUT2D eigenvalue weighted by molar-refractivity contribution is -0.136. The Labute approximate surface area is 92.2 Å². The van der Waals surface area contributed by atoms with Crippen LogP contribution < -0.4 is 5.73 Å². The summed E-state index contributed by atoms with van der Waals surface area (Å²) < 4.78 is 25.1. The third-order valence-electron chi connectivity index (χ3n) is 1.63. The SMILES string of the molecule is Nc1cc(Br)c(CC(=O)O)nc1C(F)F. The van der Waals surface area contributed by atoms with Gasteiger partial charge in [0.05, 0.1) is 17.8 Å². The van der Waals surface area contributed by atoms with Crippen molar-refractivity contribution in [2.45, 2.75) is 12.8 Å². The van der Waals surface area contributed by atoms with E-state index in [0.29, 0.717) is 4.47 Å². The molecule has 82 valence electrons. The quantitative estimate of drug-likeness (QED) is 0.888. The molecule has 3 N–H and O–H groups in total. The highest BCUT2D eigenvalue weighted by atomic mass is 79.9. The Morgan fingerprint density at radius 2 is 2.27 bits per heavy atom. The summed E-state index contributed by atoms with van der Waals surface area (Å²) in [5.74, 6) is -1.15. The molecule has 1 heterocycles. The molecule has 0 aliphatic heterocycles. The van der Waals surface area contributed by atoms with Crippen molar-refractivity contribution in [2.24, 2.45) is 0 Å². The number of rotatable bonds is 3. The minimum absolute atomic E-state index is 0.0343. The Morgan fingerprint density at radius 1 is 1.67 bits per heavy atom. The van der Waals surface area contributed by atoms with Gasteiger partial charge in [0.15, 0.2) is 0 Å². The summed E-state index contributed by atoms with van der Waals surface area (Å²) in [4.78, 5) is 13.9. The molecule has 0 atom stereocenters. The zero-order chi connectivity index (χ0) is 11.6. The van der Waals surface area contributed by atoms with Crippen molar-refractivity contribution >= 4 is 27.6 Å². The maximum Gasteiger partial charge on any atom is 0.309 e. The predicted molar refractivity (Wildman–Crippen MR) is 52.6 cm³/mol. The zero-order valence-corrected chi connectivity index (χ0v) is 8.96. The number of carboxylic acids is 1. The standard InChI is InChI=1S/C8H7BrF2N2O2/c9-3-1-4(12)7(8(10)11)13-5(3)2-6(14)15/h1,8H,2,12H2,(H,14,15). The second kappa shape index (κ2) is 4.52. The molecule has 0 saturated heterocycles. The average molecular weight is 281 g/mol. The van der Waals surface area contributed by atoms with Gasteiger partial charge in [0, 0.05) is 4.47 Å². The predicted octanol–water partition coefficient (Wildman–Crippen LogP) is 1.99. The lowest BCUT2D eigenvalue weighted by Gasteiger charge is -2.07. The second-order valence-corrected chi connectivity index (χ2v) is 3.62. The molecule has 0 spiro atoms. The zero-order valence-electron chi connectivity index (χ0n) is 7.38. The maximum absolute atomic E-state index is 12.4. The van der Waals surface area contributed by atoms with Crippen molar-refractivity contribution in [3.63, 3.8) is 0 Å². The number of nitrogens with zero attached hydrogens (tertiary/aromatic N) is 1. The molecule has 0 saturated carbocycles. The van der Waals surface area contributed by atoms with Gasteiger partial charge in [-0.15, -0.1) is 0 Å². The van der Waals surface area contributed by atoms with E-state index in [9.17, 15) is 13.6 Å². The minimum atomic E-state index is -2.81. The first-order valence-electron chi connectivity index (χ1n) is 3.86. The van der Waals surface area contributed by atoms with Gasteiger partial charge < -0.3 is 10.8 Å². The monoisotopic (exact) mass is 280 g/mol. The molecule has 15 heavy (non-hydrogen) atoms. The number of hydrogen-bond acceptors (Lipinski definition) is 3. The number of halogens is 3. The Morgan fingerprint density at radius 3 is 2.73 bits per heavy atom. The third-order valence-corrected chi connectivity index (χ3v) is 2.32. The van der Waals surface area contributed by atoms with Gasteiger partial charge in [-0.1, -0.05) is 0 Å². The van der Waals surface area contributed by atoms with E-state index in [4.69, 9.17) is 10.8 Å².